The van der Waals surface area contributed by atoms with E-state index < -0.39 is 0 Å². The normalized spacial score (nSPS) is 10.3. The molecule has 3 aromatic rings. The summed E-state index contributed by atoms with van der Waals surface area (Å²) in [5, 5.41) is 5.98. The van der Waals surface area contributed by atoms with Gasteiger partial charge in [0.2, 0.25) is 0 Å². The first kappa shape index (κ1) is 18.3. The van der Waals surface area contributed by atoms with E-state index >= 15 is 0 Å². The van der Waals surface area contributed by atoms with Gasteiger partial charge >= 0.3 is 0 Å². The van der Waals surface area contributed by atoms with Crippen LogP contribution in [0.4, 0.5) is 17.2 Å². The van der Waals surface area contributed by atoms with Crippen LogP contribution in [0.3, 0.4) is 0 Å². The molecule has 0 atom stereocenters. The van der Waals surface area contributed by atoms with Crippen LogP contribution >= 0.6 is 0 Å². The van der Waals surface area contributed by atoms with E-state index in [1.54, 1.807) is 37.3 Å². The quantitative estimate of drug-likeness (QED) is 0.663. The Labute approximate surface area is 157 Å². The van der Waals surface area contributed by atoms with Gasteiger partial charge in [0.15, 0.2) is 5.78 Å². The number of hydrogen-bond donors (Lipinski definition) is 2. The summed E-state index contributed by atoms with van der Waals surface area (Å²) in [5.41, 5.74) is 3.45. The number of nitrogens with one attached hydrogen (secondary N) is 2. The SMILES string of the molecule is CC(=O)c1ccc(Nc2cc(C(=O)Nc3cccc(C)c3)nc(C)n2)cc1. The van der Waals surface area contributed by atoms with Crippen molar-refractivity contribution in [3.05, 3.63) is 77.2 Å². The molecule has 0 fully saturated rings. The maximum Gasteiger partial charge on any atom is 0.274 e. The predicted molar refractivity (Wildman–Crippen MR) is 106 cm³/mol. The fourth-order valence-electron chi connectivity index (χ4n) is 2.60. The molecule has 0 saturated carbocycles. The molecule has 0 aliphatic heterocycles. The lowest BCUT2D eigenvalue weighted by molar-refractivity contribution is 0.101. The number of carbonyl (C=O) groups excluding carboxylic acids is 2. The number of amides is 1. The van der Waals surface area contributed by atoms with Crippen LogP contribution in [-0.4, -0.2) is 21.7 Å². The number of hydrogen-bond acceptors (Lipinski definition) is 5. The van der Waals surface area contributed by atoms with Crippen LogP contribution in [-0.2, 0) is 0 Å². The number of carbonyl (C=O) groups is 2. The molecule has 6 heteroatoms. The molecule has 0 aliphatic carbocycles. The summed E-state index contributed by atoms with van der Waals surface area (Å²) in [4.78, 5) is 32.4. The summed E-state index contributed by atoms with van der Waals surface area (Å²) in [7, 11) is 0. The van der Waals surface area contributed by atoms with Gasteiger partial charge in [-0.05, 0) is 62.7 Å². The molecule has 1 heterocycles. The van der Waals surface area contributed by atoms with Crippen molar-refractivity contribution in [3.8, 4) is 0 Å². The molecule has 0 saturated heterocycles. The van der Waals surface area contributed by atoms with Gasteiger partial charge in [0, 0.05) is 23.0 Å². The van der Waals surface area contributed by atoms with Gasteiger partial charge in [-0.1, -0.05) is 12.1 Å². The molecule has 1 amide bonds. The summed E-state index contributed by atoms with van der Waals surface area (Å²) in [5.74, 6) is 0.692. The van der Waals surface area contributed by atoms with Gasteiger partial charge in [0.25, 0.3) is 5.91 Å². The minimum Gasteiger partial charge on any atom is -0.340 e. The molecule has 0 bridgehead atoms. The van der Waals surface area contributed by atoms with Crippen molar-refractivity contribution in [3.63, 3.8) is 0 Å². The molecule has 6 nitrogen and oxygen atoms in total. The third-order valence-electron chi connectivity index (χ3n) is 3.91. The number of benzene rings is 2. The highest BCUT2D eigenvalue weighted by atomic mass is 16.2. The molecule has 0 aliphatic rings. The minimum atomic E-state index is -0.305. The van der Waals surface area contributed by atoms with Crippen molar-refractivity contribution in [1.29, 1.82) is 0 Å². The fraction of sp³-hybridized carbons (Fsp3) is 0.143. The zero-order valence-electron chi connectivity index (χ0n) is 15.4. The molecule has 2 aromatic carbocycles. The molecular weight excluding hydrogens is 340 g/mol. The first-order valence-corrected chi connectivity index (χ1v) is 8.52. The van der Waals surface area contributed by atoms with E-state index in [2.05, 4.69) is 20.6 Å². The van der Waals surface area contributed by atoms with Gasteiger partial charge < -0.3 is 10.6 Å². The van der Waals surface area contributed by atoms with E-state index in [4.69, 9.17) is 0 Å². The smallest absolute Gasteiger partial charge is 0.274 e. The largest absolute Gasteiger partial charge is 0.340 e. The van der Waals surface area contributed by atoms with E-state index in [0.29, 0.717) is 22.9 Å². The number of rotatable bonds is 5. The van der Waals surface area contributed by atoms with Crippen molar-refractivity contribution in [2.45, 2.75) is 20.8 Å². The topological polar surface area (TPSA) is 84.0 Å². The molecule has 0 radical (unpaired) electrons. The first-order valence-electron chi connectivity index (χ1n) is 8.52. The van der Waals surface area contributed by atoms with Crippen molar-refractivity contribution < 1.29 is 9.59 Å². The van der Waals surface area contributed by atoms with Gasteiger partial charge in [-0.3, -0.25) is 9.59 Å². The number of ketones is 1. The van der Waals surface area contributed by atoms with E-state index in [1.807, 2.05) is 31.2 Å². The van der Waals surface area contributed by atoms with Crippen LogP contribution in [0.25, 0.3) is 0 Å². The number of aromatic nitrogens is 2. The molecule has 136 valence electrons. The zero-order chi connectivity index (χ0) is 19.4. The zero-order valence-corrected chi connectivity index (χ0v) is 15.4. The Morgan fingerprint density at radius 2 is 1.63 bits per heavy atom. The molecule has 1 aromatic heterocycles. The molecule has 0 spiro atoms. The van der Waals surface area contributed by atoms with Crippen molar-refractivity contribution >= 4 is 28.9 Å². The second-order valence-corrected chi connectivity index (χ2v) is 6.27. The summed E-state index contributed by atoms with van der Waals surface area (Å²) < 4.78 is 0. The number of aryl methyl sites for hydroxylation is 2. The van der Waals surface area contributed by atoms with Crippen molar-refractivity contribution in [1.82, 2.24) is 9.97 Å². The lowest BCUT2D eigenvalue weighted by atomic mass is 10.1. The summed E-state index contributed by atoms with van der Waals surface area (Å²) in [6, 6.07) is 16.2. The molecule has 0 unspecified atom stereocenters. The Bertz CT molecular complexity index is 997. The molecule has 2 N–H and O–H groups in total. The van der Waals surface area contributed by atoms with E-state index in [-0.39, 0.29) is 17.4 Å². The third kappa shape index (κ3) is 4.76. The summed E-state index contributed by atoms with van der Waals surface area (Å²) >= 11 is 0. The Hall–Kier alpha value is -3.54. The maximum absolute atomic E-state index is 12.5. The summed E-state index contributed by atoms with van der Waals surface area (Å²) in [6.45, 7) is 5.21. The van der Waals surface area contributed by atoms with E-state index in [0.717, 1.165) is 11.3 Å². The molecular formula is C21H20N4O2. The van der Waals surface area contributed by atoms with E-state index in [9.17, 15) is 9.59 Å². The highest BCUT2D eigenvalue weighted by Crippen LogP contribution is 2.18. The molecule has 27 heavy (non-hydrogen) atoms. The highest BCUT2D eigenvalue weighted by molar-refractivity contribution is 6.03. The standard InChI is InChI=1S/C21H20N4O2/c1-13-5-4-6-18(11-13)25-21(27)19-12-20(23-15(3)22-19)24-17-9-7-16(8-10-17)14(2)26/h4-12H,1-3H3,(H,25,27)(H,22,23,24). The van der Waals surface area contributed by atoms with Crippen LogP contribution in [0, 0.1) is 13.8 Å². The predicted octanol–water partition coefficient (Wildman–Crippen LogP) is 4.29. The first-order chi connectivity index (χ1) is 12.9. The monoisotopic (exact) mass is 360 g/mol. The van der Waals surface area contributed by atoms with Crippen LogP contribution in [0.15, 0.2) is 54.6 Å². The lowest BCUT2D eigenvalue weighted by Crippen LogP contribution is -2.15. The number of Topliss-reactive ketones (excluding diaryl/α,β-unsaturated/α-hetero) is 1. The van der Waals surface area contributed by atoms with Gasteiger partial charge in [0.05, 0.1) is 0 Å². The van der Waals surface area contributed by atoms with Gasteiger partial charge in [0.1, 0.15) is 17.3 Å². The summed E-state index contributed by atoms with van der Waals surface area (Å²) in [6.07, 6.45) is 0. The number of anilines is 3. The average molecular weight is 360 g/mol. The Morgan fingerprint density at radius 3 is 2.30 bits per heavy atom. The Balaban J connectivity index is 1.79. The van der Waals surface area contributed by atoms with Crippen LogP contribution in [0.1, 0.15) is 39.2 Å². The minimum absolute atomic E-state index is 0.00883. The van der Waals surface area contributed by atoms with Gasteiger partial charge in [-0.15, -0.1) is 0 Å². The second kappa shape index (κ2) is 7.78. The second-order valence-electron chi connectivity index (χ2n) is 6.27. The number of nitrogens with zero attached hydrogens (tertiary/aromatic N) is 2. The maximum atomic E-state index is 12.5. The van der Waals surface area contributed by atoms with Crippen LogP contribution < -0.4 is 10.6 Å². The van der Waals surface area contributed by atoms with Gasteiger partial charge in [-0.2, -0.15) is 0 Å². The van der Waals surface area contributed by atoms with E-state index in [1.165, 1.54) is 6.92 Å². The van der Waals surface area contributed by atoms with Gasteiger partial charge in [-0.25, -0.2) is 9.97 Å². The molecule has 3 rings (SSSR count). The van der Waals surface area contributed by atoms with Crippen molar-refractivity contribution in [2.24, 2.45) is 0 Å². The average Bonchev–Trinajstić information content (AvgIpc) is 2.61. The lowest BCUT2D eigenvalue weighted by Gasteiger charge is -2.10. The fourth-order valence-corrected chi connectivity index (χ4v) is 2.60. The van der Waals surface area contributed by atoms with Crippen molar-refractivity contribution in [2.75, 3.05) is 10.6 Å². The van der Waals surface area contributed by atoms with Crippen LogP contribution in [0.2, 0.25) is 0 Å². The third-order valence-corrected chi connectivity index (χ3v) is 3.91. The Kier molecular flexibility index (Phi) is 5.26. The Morgan fingerprint density at radius 1 is 0.889 bits per heavy atom. The highest BCUT2D eigenvalue weighted by Gasteiger charge is 2.11. The van der Waals surface area contributed by atoms with Crippen LogP contribution in [0.5, 0.6) is 0 Å².